The third-order valence-electron chi connectivity index (χ3n) is 3.11. The number of alkyl halides is 2. The second kappa shape index (κ2) is 5.16. The van der Waals surface area contributed by atoms with E-state index in [2.05, 4.69) is 0 Å². The van der Waals surface area contributed by atoms with E-state index in [-0.39, 0.29) is 12.1 Å². The number of methoxy groups -OCH3 is 1. The predicted octanol–water partition coefficient (Wildman–Crippen LogP) is 3.54. The van der Waals surface area contributed by atoms with Gasteiger partial charge in [0.1, 0.15) is 11.4 Å². The topological polar surface area (TPSA) is 38.8 Å². The highest BCUT2D eigenvalue weighted by atomic mass is 19.3. The molecule has 0 atom stereocenters. The quantitative estimate of drug-likeness (QED) is 0.796. The highest BCUT2D eigenvalue weighted by Crippen LogP contribution is 2.38. The normalized spacial score (nSPS) is 17.1. The molecule has 1 aliphatic heterocycles. The van der Waals surface area contributed by atoms with Crippen LogP contribution in [0.2, 0.25) is 0 Å². The average molecular weight is 299 g/mol. The summed E-state index contributed by atoms with van der Waals surface area (Å²) in [6.45, 7) is 4.51. The van der Waals surface area contributed by atoms with Gasteiger partial charge in [-0.1, -0.05) is 6.07 Å². The van der Waals surface area contributed by atoms with E-state index in [9.17, 15) is 13.6 Å². The molecule has 2 rings (SSSR count). The van der Waals surface area contributed by atoms with Crippen molar-refractivity contribution in [3.05, 3.63) is 29.3 Å². The van der Waals surface area contributed by atoms with Crippen molar-refractivity contribution in [2.45, 2.75) is 38.8 Å². The smallest absolute Gasteiger partial charge is 0.410 e. The van der Waals surface area contributed by atoms with E-state index in [1.165, 1.54) is 13.2 Å². The largest absolute Gasteiger partial charge is 0.497 e. The van der Waals surface area contributed by atoms with Crippen LogP contribution >= 0.6 is 0 Å². The number of benzene rings is 1. The van der Waals surface area contributed by atoms with Gasteiger partial charge in [-0.2, -0.15) is 8.78 Å². The van der Waals surface area contributed by atoms with Crippen molar-refractivity contribution in [1.82, 2.24) is 4.90 Å². The molecule has 4 nitrogen and oxygen atoms in total. The van der Waals surface area contributed by atoms with Crippen LogP contribution in [0.4, 0.5) is 13.6 Å². The van der Waals surface area contributed by atoms with Crippen molar-refractivity contribution < 1.29 is 23.0 Å². The van der Waals surface area contributed by atoms with Crippen LogP contribution in [0.25, 0.3) is 0 Å². The van der Waals surface area contributed by atoms with Crippen molar-refractivity contribution >= 4 is 6.09 Å². The summed E-state index contributed by atoms with van der Waals surface area (Å²) in [6, 6.07) is 4.48. The minimum absolute atomic E-state index is 0.0957. The van der Waals surface area contributed by atoms with Gasteiger partial charge in [0.05, 0.1) is 13.7 Å². The maximum absolute atomic E-state index is 14.3. The Morgan fingerprint density at radius 1 is 1.33 bits per heavy atom. The van der Waals surface area contributed by atoms with Crippen LogP contribution in [0.15, 0.2) is 18.2 Å². The summed E-state index contributed by atoms with van der Waals surface area (Å²) in [4.78, 5) is 13.0. The minimum Gasteiger partial charge on any atom is -0.497 e. The first-order valence-electron chi connectivity index (χ1n) is 6.65. The summed E-state index contributed by atoms with van der Waals surface area (Å²) < 4.78 is 38.6. The fraction of sp³-hybridized carbons (Fsp3) is 0.533. The Kier molecular flexibility index (Phi) is 3.82. The molecular weight excluding hydrogens is 280 g/mol. The summed E-state index contributed by atoms with van der Waals surface area (Å²) in [6.07, 6.45) is -0.733. The van der Waals surface area contributed by atoms with E-state index in [0.29, 0.717) is 11.3 Å². The Hall–Kier alpha value is -1.85. The number of ether oxygens (including phenoxy) is 2. The molecule has 1 aromatic carbocycles. The molecule has 0 spiro atoms. The van der Waals surface area contributed by atoms with Crippen LogP contribution < -0.4 is 4.74 Å². The van der Waals surface area contributed by atoms with Gasteiger partial charge in [-0.25, -0.2) is 4.79 Å². The zero-order valence-corrected chi connectivity index (χ0v) is 12.6. The fourth-order valence-electron chi connectivity index (χ4n) is 2.20. The first kappa shape index (κ1) is 15.5. The molecule has 116 valence electrons. The van der Waals surface area contributed by atoms with E-state index < -0.39 is 24.2 Å². The van der Waals surface area contributed by atoms with Crippen LogP contribution in [0, 0.1) is 0 Å². The predicted molar refractivity (Wildman–Crippen MR) is 73.5 cm³/mol. The summed E-state index contributed by atoms with van der Waals surface area (Å²) in [5.41, 5.74) is -0.411. The van der Waals surface area contributed by atoms with Gasteiger partial charge >= 0.3 is 6.09 Å². The second-order valence-corrected chi connectivity index (χ2v) is 6.06. The lowest BCUT2D eigenvalue weighted by molar-refractivity contribution is -0.0592. The summed E-state index contributed by atoms with van der Waals surface area (Å²) in [5, 5.41) is 0. The molecule has 0 aliphatic carbocycles. The Labute approximate surface area is 122 Å². The van der Waals surface area contributed by atoms with E-state index in [4.69, 9.17) is 9.47 Å². The van der Waals surface area contributed by atoms with Crippen LogP contribution in [-0.4, -0.2) is 30.2 Å². The van der Waals surface area contributed by atoms with Crippen molar-refractivity contribution in [1.29, 1.82) is 0 Å². The third kappa shape index (κ3) is 3.43. The van der Waals surface area contributed by atoms with Gasteiger partial charge in [0.25, 0.3) is 5.92 Å². The van der Waals surface area contributed by atoms with Gasteiger partial charge in [0.2, 0.25) is 0 Å². The zero-order valence-electron chi connectivity index (χ0n) is 12.6. The maximum Gasteiger partial charge on any atom is 0.410 e. The molecule has 0 unspecified atom stereocenters. The van der Waals surface area contributed by atoms with Crippen LogP contribution in [-0.2, 0) is 17.2 Å². The van der Waals surface area contributed by atoms with Crippen molar-refractivity contribution in [3.63, 3.8) is 0 Å². The summed E-state index contributed by atoms with van der Waals surface area (Å²) in [5.74, 6) is -2.75. The van der Waals surface area contributed by atoms with Gasteiger partial charge in [-0.15, -0.1) is 0 Å². The van der Waals surface area contributed by atoms with Crippen molar-refractivity contribution in [3.8, 4) is 5.75 Å². The molecule has 0 fully saturated rings. The molecule has 0 saturated carbocycles. The van der Waals surface area contributed by atoms with E-state index >= 15 is 0 Å². The highest BCUT2D eigenvalue weighted by molar-refractivity contribution is 5.69. The number of nitrogens with zero attached hydrogens (tertiary/aromatic N) is 1. The van der Waals surface area contributed by atoms with E-state index in [1.54, 1.807) is 32.9 Å². The Bertz CT molecular complexity index is 552. The van der Waals surface area contributed by atoms with Gasteiger partial charge in [-0.3, -0.25) is 4.90 Å². The van der Waals surface area contributed by atoms with Crippen molar-refractivity contribution in [2.24, 2.45) is 0 Å². The number of halogens is 2. The fourth-order valence-corrected chi connectivity index (χ4v) is 2.20. The molecule has 0 bridgehead atoms. The lowest BCUT2D eigenvalue weighted by Crippen LogP contribution is -2.45. The number of rotatable bonds is 1. The van der Waals surface area contributed by atoms with Crippen molar-refractivity contribution in [2.75, 3.05) is 13.7 Å². The highest BCUT2D eigenvalue weighted by Gasteiger charge is 2.43. The monoisotopic (exact) mass is 299 g/mol. The molecule has 0 radical (unpaired) electrons. The first-order chi connectivity index (χ1) is 9.62. The Balaban J connectivity index is 2.27. The second-order valence-electron chi connectivity index (χ2n) is 6.06. The van der Waals surface area contributed by atoms with Crippen LogP contribution in [0.5, 0.6) is 5.75 Å². The SMILES string of the molecule is COc1ccc2c(c1)C(F)(F)CN(C(=O)OC(C)(C)C)C2. The number of fused-ring (bicyclic) bond motifs is 1. The van der Waals surface area contributed by atoms with Gasteiger partial charge in [0.15, 0.2) is 0 Å². The molecule has 0 aromatic heterocycles. The van der Waals surface area contributed by atoms with Gasteiger partial charge in [-0.05, 0) is 38.5 Å². The average Bonchev–Trinajstić information content (AvgIpc) is 2.35. The summed E-state index contributed by atoms with van der Waals surface area (Å²) >= 11 is 0. The Morgan fingerprint density at radius 2 is 2.00 bits per heavy atom. The molecule has 0 N–H and O–H groups in total. The van der Waals surface area contributed by atoms with E-state index in [1.807, 2.05) is 0 Å². The van der Waals surface area contributed by atoms with Crippen LogP contribution in [0.3, 0.4) is 0 Å². The third-order valence-corrected chi connectivity index (χ3v) is 3.11. The molecule has 1 aromatic rings. The van der Waals surface area contributed by atoms with Gasteiger partial charge in [0, 0.05) is 12.1 Å². The molecule has 0 saturated heterocycles. The standard InChI is InChI=1S/C15H19F2NO3/c1-14(2,3)21-13(19)18-8-10-5-6-11(20-4)7-12(10)15(16,17)9-18/h5-7H,8-9H2,1-4H3. The minimum atomic E-state index is -3.13. The lowest BCUT2D eigenvalue weighted by Gasteiger charge is -2.35. The number of hydrogen-bond donors (Lipinski definition) is 0. The van der Waals surface area contributed by atoms with Gasteiger partial charge < -0.3 is 9.47 Å². The number of hydrogen-bond acceptors (Lipinski definition) is 3. The number of amides is 1. The molecule has 1 amide bonds. The molecule has 1 aliphatic rings. The molecular formula is C15H19F2NO3. The molecule has 1 heterocycles. The molecule has 21 heavy (non-hydrogen) atoms. The summed E-state index contributed by atoms with van der Waals surface area (Å²) in [7, 11) is 1.43. The molecule has 6 heteroatoms. The number of carbonyl (C=O) groups excluding carboxylic acids is 1. The van der Waals surface area contributed by atoms with Crippen LogP contribution in [0.1, 0.15) is 31.9 Å². The first-order valence-corrected chi connectivity index (χ1v) is 6.65. The number of carbonyl (C=O) groups is 1. The Morgan fingerprint density at radius 3 is 2.57 bits per heavy atom. The van der Waals surface area contributed by atoms with E-state index in [0.717, 1.165) is 4.90 Å². The maximum atomic E-state index is 14.3. The lowest BCUT2D eigenvalue weighted by atomic mass is 9.96. The zero-order chi connectivity index (χ0) is 15.8.